The molecule has 0 radical (unpaired) electrons. The summed E-state index contributed by atoms with van der Waals surface area (Å²) >= 11 is 0. The molecular weight excluding hydrogens is 316 g/mol. The molecule has 0 spiro atoms. The summed E-state index contributed by atoms with van der Waals surface area (Å²) < 4.78 is 30.3. The normalized spacial score (nSPS) is 11.0. The highest BCUT2D eigenvalue weighted by Crippen LogP contribution is 2.23. The van der Waals surface area contributed by atoms with Crippen molar-refractivity contribution in [1.29, 1.82) is 0 Å². The van der Waals surface area contributed by atoms with Crippen LogP contribution in [0.1, 0.15) is 5.56 Å². The van der Waals surface area contributed by atoms with Gasteiger partial charge >= 0.3 is 0 Å². The van der Waals surface area contributed by atoms with Crippen molar-refractivity contribution < 1.29 is 17.9 Å². The molecule has 0 atom stereocenters. The van der Waals surface area contributed by atoms with Gasteiger partial charge in [-0.2, -0.15) is 0 Å². The second-order valence-electron chi connectivity index (χ2n) is 4.95. The first-order chi connectivity index (χ1) is 10.9. The summed E-state index contributed by atoms with van der Waals surface area (Å²) in [4.78, 5) is 11.6. The van der Waals surface area contributed by atoms with Crippen molar-refractivity contribution in [2.75, 3.05) is 18.1 Å². The van der Waals surface area contributed by atoms with Crippen molar-refractivity contribution in [2.24, 2.45) is 0 Å². The second kappa shape index (κ2) is 7.26. The van der Waals surface area contributed by atoms with Crippen LogP contribution in [0.3, 0.4) is 0 Å². The van der Waals surface area contributed by atoms with Crippen LogP contribution in [-0.4, -0.2) is 27.1 Å². The number of nitrogens with one attached hydrogen (secondary N) is 2. The molecule has 122 valence electrons. The SMILES string of the molecule is CNS(=O)(=O)CC(=O)Nc1ccc(Oc2ccc(C)cc2)cc1. The Balaban J connectivity index is 1.96. The third-order valence-corrected chi connectivity index (χ3v) is 4.29. The molecule has 7 heteroatoms. The highest BCUT2D eigenvalue weighted by Gasteiger charge is 2.14. The Morgan fingerprint density at radius 1 is 1.00 bits per heavy atom. The third-order valence-electron chi connectivity index (χ3n) is 3.03. The molecule has 0 aliphatic rings. The summed E-state index contributed by atoms with van der Waals surface area (Å²) in [5, 5.41) is 2.52. The predicted octanol–water partition coefficient (Wildman–Crippen LogP) is 2.28. The van der Waals surface area contributed by atoms with Crippen molar-refractivity contribution in [3.63, 3.8) is 0 Å². The molecule has 6 nitrogen and oxygen atoms in total. The van der Waals surface area contributed by atoms with E-state index in [1.165, 1.54) is 7.05 Å². The Hall–Kier alpha value is -2.38. The number of anilines is 1. The molecule has 0 unspecified atom stereocenters. The van der Waals surface area contributed by atoms with Gasteiger partial charge in [0.2, 0.25) is 15.9 Å². The monoisotopic (exact) mass is 334 g/mol. The number of hydrogen-bond donors (Lipinski definition) is 2. The summed E-state index contributed by atoms with van der Waals surface area (Å²) in [5.41, 5.74) is 1.64. The summed E-state index contributed by atoms with van der Waals surface area (Å²) in [5.74, 6) is 0.110. The fourth-order valence-electron chi connectivity index (χ4n) is 1.79. The first-order valence-electron chi connectivity index (χ1n) is 6.93. The maximum atomic E-state index is 11.6. The molecule has 2 aromatic rings. The molecule has 1 amide bonds. The van der Waals surface area contributed by atoms with Gasteiger partial charge in [0.05, 0.1) is 0 Å². The van der Waals surface area contributed by atoms with Gasteiger partial charge in [0, 0.05) is 5.69 Å². The number of hydrogen-bond acceptors (Lipinski definition) is 4. The molecule has 0 aliphatic carbocycles. The second-order valence-corrected chi connectivity index (χ2v) is 6.88. The maximum Gasteiger partial charge on any atom is 0.240 e. The van der Waals surface area contributed by atoms with E-state index in [9.17, 15) is 13.2 Å². The summed E-state index contributed by atoms with van der Waals surface area (Å²) in [6.07, 6.45) is 0. The Labute approximate surface area is 135 Å². The summed E-state index contributed by atoms with van der Waals surface area (Å²) in [6, 6.07) is 14.3. The molecule has 0 bridgehead atoms. The smallest absolute Gasteiger partial charge is 0.240 e. The lowest BCUT2D eigenvalue weighted by molar-refractivity contribution is -0.113. The standard InChI is InChI=1S/C16H18N2O4S/c1-12-3-7-14(8-4-12)22-15-9-5-13(6-10-15)18-16(19)11-23(20,21)17-2/h3-10,17H,11H2,1-2H3,(H,18,19). The number of benzene rings is 2. The van der Waals surface area contributed by atoms with Crippen LogP contribution in [0.4, 0.5) is 5.69 Å². The van der Waals surface area contributed by atoms with Gasteiger partial charge in [0.1, 0.15) is 17.3 Å². The highest BCUT2D eigenvalue weighted by atomic mass is 32.2. The molecule has 0 aromatic heterocycles. The molecule has 0 heterocycles. The Morgan fingerprint density at radius 2 is 1.52 bits per heavy atom. The minimum absolute atomic E-state index is 0.498. The molecule has 0 saturated heterocycles. The zero-order valence-corrected chi connectivity index (χ0v) is 13.7. The van der Waals surface area contributed by atoms with Crippen LogP contribution in [0.2, 0.25) is 0 Å². The van der Waals surface area contributed by atoms with Gasteiger partial charge < -0.3 is 10.1 Å². The van der Waals surface area contributed by atoms with E-state index in [0.717, 1.165) is 5.56 Å². The molecule has 2 rings (SSSR count). The molecule has 2 aromatic carbocycles. The van der Waals surface area contributed by atoms with Crippen molar-refractivity contribution in [3.05, 3.63) is 54.1 Å². The molecular formula is C16H18N2O4S. The minimum Gasteiger partial charge on any atom is -0.457 e. The van der Waals surface area contributed by atoms with E-state index in [1.54, 1.807) is 24.3 Å². The van der Waals surface area contributed by atoms with E-state index in [0.29, 0.717) is 17.2 Å². The number of carbonyl (C=O) groups is 1. The number of sulfonamides is 1. The first kappa shape index (κ1) is 17.0. The average Bonchev–Trinajstić information content (AvgIpc) is 2.51. The van der Waals surface area contributed by atoms with E-state index in [4.69, 9.17) is 4.74 Å². The zero-order chi connectivity index (χ0) is 16.9. The fourth-order valence-corrected chi connectivity index (χ4v) is 2.35. The lowest BCUT2D eigenvalue weighted by Gasteiger charge is -2.08. The fraction of sp³-hybridized carbons (Fsp3) is 0.188. The molecule has 0 saturated carbocycles. The lowest BCUT2D eigenvalue weighted by atomic mass is 10.2. The van der Waals surface area contributed by atoms with Gasteiger partial charge in [0.25, 0.3) is 0 Å². The topological polar surface area (TPSA) is 84.5 Å². The van der Waals surface area contributed by atoms with Gasteiger partial charge in [-0.25, -0.2) is 13.1 Å². The van der Waals surface area contributed by atoms with Crippen molar-refractivity contribution in [2.45, 2.75) is 6.92 Å². The molecule has 0 aliphatic heterocycles. The number of aryl methyl sites for hydroxylation is 1. The molecule has 0 fully saturated rings. The van der Waals surface area contributed by atoms with Crippen LogP contribution in [-0.2, 0) is 14.8 Å². The Kier molecular flexibility index (Phi) is 5.36. The molecule has 23 heavy (non-hydrogen) atoms. The number of rotatable bonds is 6. The zero-order valence-electron chi connectivity index (χ0n) is 12.9. The predicted molar refractivity (Wildman–Crippen MR) is 89.2 cm³/mol. The quantitative estimate of drug-likeness (QED) is 0.849. The van der Waals surface area contributed by atoms with Crippen LogP contribution in [0, 0.1) is 6.92 Å². The van der Waals surface area contributed by atoms with E-state index < -0.39 is 21.7 Å². The molecule has 2 N–H and O–H groups in total. The van der Waals surface area contributed by atoms with E-state index in [2.05, 4.69) is 10.0 Å². The van der Waals surface area contributed by atoms with Gasteiger partial charge in [-0.05, 0) is 50.4 Å². The third kappa shape index (κ3) is 5.39. The first-order valence-corrected chi connectivity index (χ1v) is 8.59. The number of ether oxygens (including phenoxy) is 1. The largest absolute Gasteiger partial charge is 0.457 e. The number of amides is 1. The van der Waals surface area contributed by atoms with E-state index >= 15 is 0 Å². The lowest BCUT2D eigenvalue weighted by Crippen LogP contribution is -2.30. The van der Waals surface area contributed by atoms with E-state index in [-0.39, 0.29) is 0 Å². The summed E-state index contributed by atoms with van der Waals surface area (Å²) in [6.45, 7) is 2.00. The number of carbonyl (C=O) groups excluding carboxylic acids is 1. The van der Waals surface area contributed by atoms with Crippen LogP contribution in [0.5, 0.6) is 11.5 Å². The average molecular weight is 334 g/mol. The summed E-state index contributed by atoms with van der Waals surface area (Å²) in [7, 11) is -2.31. The van der Waals surface area contributed by atoms with Crippen LogP contribution < -0.4 is 14.8 Å². The minimum atomic E-state index is -3.58. The van der Waals surface area contributed by atoms with Crippen LogP contribution in [0.25, 0.3) is 0 Å². The van der Waals surface area contributed by atoms with Gasteiger partial charge in [-0.3, -0.25) is 4.79 Å². The van der Waals surface area contributed by atoms with Crippen LogP contribution in [0.15, 0.2) is 48.5 Å². The maximum absolute atomic E-state index is 11.6. The van der Waals surface area contributed by atoms with Crippen molar-refractivity contribution in [3.8, 4) is 11.5 Å². The highest BCUT2D eigenvalue weighted by molar-refractivity contribution is 7.90. The van der Waals surface area contributed by atoms with Crippen molar-refractivity contribution >= 4 is 21.6 Å². The van der Waals surface area contributed by atoms with Gasteiger partial charge in [-0.15, -0.1) is 0 Å². The Morgan fingerprint density at radius 3 is 2.04 bits per heavy atom. The van der Waals surface area contributed by atoms with Gasteiger partial charge in [0.15, 0.2) is 0 Å². The van der Waals surface area contributed by atoms with Crippen molar-refractivity contribution in [1.82, 2.24) is 4.72 Å². The van der Waals surface area contributed by atoms with E-state index in [1.807, 2.05) is 31.2 Å². The Bertz CT molecular complexity index is 769. The van der Waals surface area contributed by atoms with Crippen LogP contribution >= 0.6 is 0 Å². The van der Waals surface area contributed by atoms with Gasteiger partial charge in [-0.1, -0.05) is 17.7 Å².